The molecular weight excluding hydrogens is 266 g/mol. The van der Waals surface area contributed by atoms with E-state index in [0.717, 1.165) is 43.7 Å². The van der Waals surface area contributed by atoms with E-state index in [2.05, 4.69) is 15.3 Å². The van der Waals surface area contributed by atoms with Crippen LogP contribution in [0, 0.1) is 6.92 Å². The lowest BCUT2D eigenvalue weighted by Crippen LogP contribution is -2.39. The van der Waals surface area contributed by atoms with Crippen LogP contribution in [0.15, 0.2) is 18.3 Å². The standard InChI is InChI=1S/C15H21N5O/c1-3-20-11(2)10-13(18-20)15(21)19-9-5-4-6-14(19)12-7-8-16-17-12/h7-8,10,14H,3-6,9H2,1-2H3,(H,16,17). The monoisotopic (exact) mass is 287 g/mol. The Hall–Kier alpha value is -2.11. The Balaban J connectivity index is 1.87. The van der Waals surface area contributed by atoms with Gasteiger partial charge in [0.25, 0.3) is 5.91 Å². The van der Waals surface area contributed by atoms with E-state index in [1.54, 1.807) is 6.20 Å². The molecule has 1 amide bonds. The molecule has 0 bridgehead atoms. The zero-order valence-corrected chi connectivity index (χ0v) is 12.5. The van der Waals surface area contributed by atoms with Crippen molar-refractivity contribution in [2.24, 2.45) is 0 Å². The zero-order valence-electron chi connectivity index (χ0n) is 12.5. The first-order chi connectivity index (χ1) is 10.2. The van der Waals surface area contributed by atoms with E-state index in [0.29, 0.717) is 5.69 Å². The quantitative estimate of drug-likeness (QED) is 0.942. The fraction of sp³-hybridized carbons (Fsp3) is 0.533. The second-order valence-corrected chi connectivity index (χ2v) is 5.51. The Labute approximate surface area is 124 Å². The number of hydrogen-bond donors (Lipinski definition) is 1. The molecule has 1 unspecified atom stereocenters. The number of hydrogen-bond acceptors (Lipinski definition) is 3. The van der Waals surface area contributed by atoms with Gasteiger partial charge in [-0.15, -0.1) is 0 Å². The summed E-state index contributed by atoms with van der Waals surface area (Å²) in [6.45, 7) is 5.57. The van der Waals surface area contributed by atoms with Crippen molar-refractivity contribution in [3.8, 4) is 0 Å². The van der Waals surface area contributed by atoms with E-state index in [9.17, 15) is 4.79 Å². The Morgan fingerprint density at radius 3 is 3.00 bits per heavy atom. The van der Waals surface area contributed by atoms with Gasteiger partial charge in [0.2, 0.25) is 0 Å². The molecule has 2 aromatic heterocycles. The molecule has 0 spiro atoms. The van der Waals surface area contributed by atoms with Crippen molar-refractivity contribution in [2.75, 3.05) is 6.54 Å². The summed E-state index contributed by atoms with van der Waals surface area (Å²) in [5.41, 5.74) is 2.58. The predicted octanol–water partition coefficient (Wildman–Crippen LogP) is 2.30. The van der Waals surface area contributed by atoms with Crippen LogP contribution in [-0.2, 0) is 6.54 Å². The number of nitrogens with one attached hydrogen (secondary N) is 1. The van der Waals surface area contributed by atoms with Crippen LogP contribution in [0.1, 0.15) is 54.1 Å². The van der Waals surface area contributed by atoms with Gasteiger partial charge in [0.1, 0.15) is 0 Å². The smallest absolute Gasteiger partial charge is 0.274 e. The summed E-state index contributed by atoms with van der Waals surface area (Å²) >= 11 is 0. The average molecular weight is 287 g/mol. The highest BCUT2D eigenvalue weighted by molar-refractivity contribution is 5.92. The van der Waals surface area contributed by atoms with Crippen molar-refractivity contribution in [2.45, 2.75) is 45.7 Å². The number of aromatic nitrogens is 4. The van der Waals surface area contributed by atoms with Gasteiger partial charge in [-0.05, 0) is 45.2 Å². The second kappa shape index (κ2) is 5.71. The van der Waals surface area contributed by atoms with Crippen molar-refractivity contribution < 1.29 is 4.79 Å². The highest BCUT2D eigenvalue weighted by Crippen LogP contribution is 2.30. The van der Waals surface area contributed by atoms with E-state index >= 15 is 0 Å². The van der Waals surface area contributed by atoms with Gasteiger partial charge in [-0.3, -0.25) is 14.6 Å². The van der Waals surface area contributed by atoms with Gasteiger partial charge < -0.3 is 4.90 Å². The first kappa shape index (κ1) is 13.9. The molecule has 3 heterocycles. The Bertz CT molecular complexity index is 616. The number of carbonyl (C=O) groups excluding carboxylic acids is 1. The van der Waals surface area contributed by atoms with Crippen molar-refractivity contribution in [3.63, 3.8) is 0 Å². The molecule has 1 fully saturated rings. The molecule has 0 saturated carbocycles. The molecular formula is C15H21N5O. The maximum atomic E-state index is 12.8. The number of likely N-dealkylation sites (tertiary alicyclic amines) is 1. The molecule has 2 aromatic rings. The third kappa shape index (κ3) is 2.57. The Morgan fingerprint density at radius 1 is 1.48 bits per heavy atom. The third-order valence-corrected chi connectivity index (χ3v) is 4.14. The minimum absolute atomic E-state index is 0.0181. The number of aryl methyl sites for hydroxylation is 2. The maximum Gasteiger partial charge on any atom is 0.274 e. The van der Waals surface area contributed by atoms with E-state index in [1.807, 2.05) is 35.6 Å². The molecule has 112 valence electrons. The minimum atomic E-state index is 0.0181. The lowest BCUT2D eigenvalue weighted by atomic mass is 9.99. The lowest BCUT2D eigenvalue weighted by molar-refractivity contribution is 0.0599. The molecule has 0 aliphatic carbocycles. The topological polar surface area (TPSA) is 66.8 Å². The molecule has 21 heavy (non-hydrogen) atoms. The third-order valence-electron chi connectivity index (χ3n) is 4.14. The van der Waals surface area contributed by atoms with Gasteiger partial charge in [0.05, 0.1) is 11.7 Å². The number of H-pyrrole nitrogens is 1. The maximum absolute atomic E-state index is 12.8. The molecule has 1 aliphatic rings. The fourth-order valence-corrected chi connectivity index (χ4v) is 3.03. The SMILES string of the molecule is CCn1nc(C(=O)N2CCCCC2c2ccn[nH]2)cc1C. The molecule has 1 atom stereocenters. The van der Waals surface area contributed by atoms with E-state index in [-0.39, 0.29) is 11.9 Å². The fourth-order valence-electron chi connectivity index (χ4n) is 3.03. The van der Waals surface area contributed by atoms with Gasteiger partial charge in [0.15, 0.2) is 5.69 Å². The number of amides is 1. The van der Waals surface area contributed by atoms with E-state index in [4.69, 9.17) is 0 Å². The van der Waals surface area contributed by atoms with Crippen molar-refractivity contribution in [3.05, 3.63) is 35.4 Å². The van der Waals surface area contributed by atoms with Gasteiger partial charge in [-0.1, -0.05) is 0 Å². The Morgan fingerprint density at radius 2 is 2.33 bits per heavy atom. The van der Waals surface area contributed by atoms with Crippen LogP contribution in [0.2, 0.25) is 0 Å². The number of aromatic amines is 1. The summed E-state index contributed by atoms with van der Waals surface area (Å²) in [5.74, 6) is 0.0181. The molecule has 6 heteroatoms. The number of rotatable bonds is 3. The molecule has 0 radical (unpaired) electrons. The van der Waals surface area contributed by atoms with Crippen LogP contribution in [0.4, 0.5) is 0 Å². The number of piperidine rings is 1. The molecule has 6 nitrogen and oxygen atoms in total. The van der Waals surface area contributed by atoms with Crippen LogP contribution in [-0.4, -0.2) is 37.3 Å². The number of carbonyl (C=O) groups is 1. The summed E-state index contributed by atoms with van der Waals surface area (Å²) in [7, 11) is 0. The molecule has 3 rings (SSSR count). The minimum Gasteiger partial charge on any atom is -0.329 e. The highest BCUT2D eigenvalue weighted by atomic mass is 16.2. The van der Waals surface area contributed by atoms with Crippen molar-refractivity contribution in [1.29, 1.82) is 0 Å². The van der Waals surface area contributed by atoms with Crippen molar-refractivity contribution >= 4 is 5.91 Å². The highest BCUT2D eigenvalue weighted by Gasteiger charge is 2.30. The Kier molecular flexibility index (Phi) is 3.77. The van der Waals surface area contributed by atoms with Crippen LogP contribution in [0.25, 0.3) is 0 Å². The van der Waals surface area contributed by atoms with Crippen LogP contribution in [0.5, 0.6) is 0 Å². The second-order valence-electron chi connectivity index (χ2n) is 5.51. The van der Waals surface area contributed by atoms with Gasteiger partial charge in [-0.2, -0.15) is 10.2 Å². The van der Waals surface area contributed by atoms with Crippen LogP contribution >= 0.6 is 0 Å². The summed E-state index contributed by atoms with van der Waals surface area (Å²) in [6, 6.07) is 3.91. The summed E-state index contributed by atoms with van der Waals surface area (Å²) < 4.78 is 1.86. The summed E-state index contributed by atoms with van der Waals surface area (Å²) in [4.78, 5) is 14.7. The molecule has 1 saturated heterocycles. The number of nitrogens with zero attached hydrogens (tertiary/aromatic N) is 4. The van der Waals surface area contributed by atoms with Crippen LogP contribution < -0.4 is 0 Å². The summed E-state index contributed by atoms with van der Waals surface area (Å²) in [5, 5.41) is 11.4. The van der Waals surface area contributed by atoms with Gasteiger partial charge in [0, 0.05) is 25.0 Å². The van der Waals surface area contributed by atoms with E-state index < -0.39 is 0 Å². The van der Waals surface area contributed by atoms with Gasteiger partial charge >= 0.3 is 0 Å². The molecule has 1 N–H and O–H groups in total. The van der Waals surface area contributed by atoms with E-state index in [1.165, 1.54) is 0 Å². The normalized spacial score (nSPS) is 19.0. The largest absolute Gasteiger partial charge is 0.329 e. The first-order valence-corrected chi connectivity index (χ1v) is 7.55. The van der Waals surface area contributed by atoms with Gasteiger partial charge in [-0.25, -0.2) is 0 Å². The summed E-state index contributed by atoms with van der Waals surface area (Å²) in [6.07, 6.45) is 4.89. The predicted molar refractivity (Wildman–Crippen MR) is 78.9 cm³/mol. The molecule has 0 aromatic carbocycles. The first-order valence-electron chi connectivity index (χ1n) is 7.55. The van der Waals surface area contributed by atoms with Crippen LogP contribution in [0.3, 0.4) is 0 Å². The average Bonchev–Trinajstić information content (AvgIpc) is 3.15. The lowest BCUT2D eigenvalue weighted by Gasteiger charge is -2.34. The molecule has 1 aliphatic heterocycles. The van der Waals surface area contributed by atoms with Crippen molar-refractivity contribution in [1.82, 2.24) is 24.9 Å². The zero-order chi connectivity index (χ0) is 14.8.